The van der Waals surface area contributed by atoms with Crippen molar-refractivity contribution >= 4 is 17.8 Å². The van der Waals surface area contributed by atoms with Gasteiger partial charge in [-0.15, -0.1) is 0 Å². The molecule has 0 fully saturated rings. The van der Waals surface area contributed by atoms with E-state index < -0.39 is 5.97 Å². The monoisotopic (exact) mass is 230 g/mol. The van der Waals surface area contributed by atoms with E-state index in [0.717, 1.165) is 0 Å². The fraction of sp³-hybridized carbons (Fsp3) is 0.700. The molecule has 92 valence electrons. The highest BCUT2D eigenvalue weighted by molar-refractivity contribution is 5.83. The molecule has 0 saturated carbocycles. The van der Waals surface area contributed by atoms with Crippen LogP contribution in [0.4, 0.5) is 0 Å². The normalized spacial score (nSPS) is 9.94. The Morgan fingerprint density at radius 3 is 2.12 bits per heavy atom. The quantitative estimate of drug-likeness (QED) is 0.568. The van der Waals surface area contributed by atoms with Gasteiger partial charge in [-0.05, 0) is 13.8 Å². The molecular formula is C10H18N2O4. The smallest absolute Gasteiger partial charge is 0.305 e. The third-order valence-electron chi connectivity index (χ3n) is 1.69. The molecule has 0 aromatic heterocycles. The third-order valence-corrected chi connectivity index (χ3v) is 1.69. The molecule has 16 heavy (non-hydrogen) atoms. The average Bonchev–Trinajstić information content (AvgIpc) is 2.13. The van der Waals surface area contributed by atoms with E-state index in [1.165, 1.54) is 0 Å². The summed E-state index contributed by atoms with van der Waals surface area (Å²) in [6.45, 7) is 3.77. The number of carbonyl (C=O) groups is 3. The molecule has 0 unspecified atom stereocenters. The van der Waals surface area contributed by atoms with Gasteiger partial charge in [0, 0.05) is 25.4 Å². The van der Waals surface area contributed by atoms with Gasteiger partial charge in [-0.3, -0.25) is 14.4 Å². The molecule has 6 heteroatoms. The SMILES string of the molecule is CC(C)NC(=O)CCC(=O)NCCC(=O)O. The van der Waals surface area contributed by atoms with Crippen LogP contribution >= 0.6 is 0 Å². The second kappa shape index (κ2) is 7.67. The van der Waals surface area contributed by atoms with E-state index in [-0.39, 0.29) is 43.7 Å². The van der Waals surface area contributed by atoms with Crippen LogP contribution in [-0.2, 0) is 14.4 Å². The van der Waals surface area contributed by atoms with Crippen LogP contribution < -0.4 is 10.6 Å². The number of carboxylic acids is 1. The van der Waals surface area contributed by atoms with Crippen molar-refractivity contribution < 1.29 is 19.5 Å². The standard InChI is InChI=1S/C10H18N2O4/c1-7(2)12-9(14)4-3-8(13)11-6-5-10(15)16/h7H,3-6H2,1-2H3,(H,11,13)(H,12,14)(H,15,16). The van der Waals surface area contributed by atoms with Crippen molar-refractivity contribution in [2.75, 3.05) is 6.54 Å². The van der Waals surface area contributed by atoms with Gasteiger partial charge < -0.3 is 15.7 Å². The lowest BCUT2D eigenvalue weighted by Crippen LogP contribution is -2.32. The minimum Gasteiger partial charge on any atom is -0.481 e. The summed E-state index contributed by atoms with van der Waals surface area (Å²) in [5.74, 6) is -1.44. The van der Waals surface area contributed by atoms with Crippen LogP contribution in [0.15, 0.2) is 0 Å². The van der Waals surface area contributed by atoms with Gasteiger partial charge in [0.05, 0.1) is 6.42 Å². The topological polar surface area (TPSA) is 95.5 Å². The van der Waals surface area contributed by atoms with Crippen molar-refractivity contribution in [1.82, 2.24) is 10.6 Å². The molecule has 0 aliphatic carbocycles. The van der Waals surface area contributed by atoms with Gasteiger partial charge in [-0.2, -0.15) is 0 Å². The van der Waals surface area contributed by atoms with Crippen LogP contribution in [0.2, 0.25) is 0 Å². The third kappa shape index (κ3) is 8.98. The number of carboxylic acid groups (broad SMARTS) is 1. The Morgan fingerprint density at radius 1 is 1.06 bits per heavy atom. The van der Waals surface area contributed by atoms with Gasteiger partial charge in [0.25, 0.3) is 0 Å². The minimum atomic E-state index is -0.960. The summed E-state index contributed by atoms with van der Waals surface area (Å²) in [5.41, 5.74) is 0. The van der Waals surface area contributed by atoms with Gasteiger partial charge in [0.15, 0.2) is 0 Å². The molecule has 0 atom stereocenters. The fourth-order valence-electron chi connectivity index (χ4n) is 1.02. The van der Waals surface area contributed by atoms with Crippen LogP contribution in [0.1, 0.15) is 33.1 Å². The predicted molar refractivity (Wildman–Crippen MR) is 57.8 cm³/mol. The van der Waals surface area contributed by atoms with E-state index in [0.29, 0.717) is 0 Å². The van der Waals surface area contributed by atoms with Crippen molar-refractivity contribution in [3.8, 4) is 0 Å². The molecule has 2 amide bonds. The van der Waals surface area contributed by atoms with Gasteiger partial charge in [0.1, 0.15) is 0 Å². The first-order valence-electron chi connectivity index (χ1n) is 5.19. The van der Waals surface area contributed by atoms with Crippen LogP contribution in [0.25, 0.3) is 0 Å². The molecule has 0 radical (unpaired) electrons. The Hall–Kier alpha value is -1.59. The van der Waals surface area contributed by atoms with Crippen molar-refractivity contribution in [3.05, 3.63) is 0 Å². The number of aliphatic carboxylic acids is 1. The Labute approximate surface area is 94.4 Å². The highest BCUT2D eigenvalue weighted by atomic mass is 16.4. The molecule has 0 aromatic carbocycles. The number of hydrogen-bond acceptors (Lipinski definition) is 3. The Kier molecular flexibility index (Phi) is 6.91. The number of amides is 2. The summed E-state index contributed by atoms with van der Waals surface area (Å²) in [4.78, 5) is 32.4. The minimum absolute atomic E-state index is 0.0579. The summed E-state index contributed by atoms with van der Waals surface area (Å²) >= 11 is 0. The maximum absolute atomic E-state index is 11.2. The van der Waals surface area contributed by atoms with Crippen LogP contribution in [0.3, 0.4) is 0 Å². The van der Waals surface area contributed by atoms with Crippen molar-refractivity contribution in [3.63, 3.8) is 0 Å². The second-order valence-corrected chi connectivity index (χ2v) is 3.72. The molecule has 0 bridgehead atoms. The van der Waals surface area contributed by atoms with E-state index >= 15 is 0 Å². The van der Waals surface area contributed by atoms with Crippen LogP contribution in [0.5, 0.6) is 0 Å². The average molecular weight is 230 g/mol. The molecular weight excluding hydrogens is 212 g/mol. The van der Waals surface area contributed by atoms with E-state index in [1.54, 1.807) is 0 Å². The first kappa shape index (κ1) is 14.4. The molecule has 0 rings (SSSR count). The summed E-state index contributed by atoms with van der Waals surface area (Å²) < 4.78 is 0. The molecule has 0 saturated heterocycles. The molecule has 3 N–H and O–H groups in total. The van der Waals surface area contributed by atoms with Crippen molar-refractivity contribution in [1.29, 1.82) is 0 Å². The highest BCUT2D eigenvalue weighted by Crippen LogP contribution is 1.91. The zero-order chi connectivity index (χ0) is 12.6. The number of hydrogen-bond donors (Lipinski definition) is 3. The maximum Gasteiger partial charge on any atom is 0.305 e. The molecule has 0 aliphatic rings. The lowest BCUT2D eigenvalue weighted by Gasteiger charge is -2.08. The molecule has 0 aromatic rings. The second-order valence-electron chi connectivity index (χ2n) is 3.72. The van der Waals surface area contributed by atoms with E-state index in [9.17, 15) is 14.4 Å². The molecule has 0 aliphatic heterocycles. The summed E-state index contributed by atoms with van der Waals surface area (Å²) in [6.07, 6.45) is 0.0964. The van der Waals surface area contributed by atoms with Gasteiger partial charge in [-0.1, -0.05) is 0 Å². The van der Waals surface area contributed by atoms with Crippen LogP contribution in [-0.4, -0.2) is 35.5 Å². The largest absolute Gasteiger partial charge is 0.481 e. The van der Waals surface area contributed by atoms with E-state index in [1.807, 2.05) is 13.8 Å². The molecule has 0 heterocycles. The molecule has 6 nitrogen and oxygen atoms in total. The van der Waals surface area contributed by atoms with E-state index in [2.05, 4.69) is 10.6 Å². The summed E-state index contributed by atoms with van der Waals surface area (Å²) in [5, 5.41) is 13.4. The Morgan fingerprint density at radius 2 is 1.62 bits per heavy atom. The van der Waals surface area contributed by atoms with E-state index in [4.69, 9.17) is 5.11 Å². The zero-order valence-electron chi connectivity index (χ0n) is 9.58. The van der Waals surface area contributed by atoms with Crippen molar-refractivity contribution in [2.24, 2.45) is 0 Å². The van der Waals surface area contributed by atoms with Gasteiger partial charge in [-0.25, -0.2) is 0 Å². The fourth-order valence-corrected chi connectivity index (χ4v) is 1.02. The van der Waals surface area contributed by atoms with Crippen molar-refractivity contribution in [2.45, 2.75) is 39.2 Å². The maximum atomic E-state index is 11.2. The zero-order valence-corrected chi connectivity index (χ0v) is 9.58. The molecule has 0 spiro atoms. The first-order chi connectivity index (χ1) is 7.41. The predicted octanol–water partition coefficient (Wildman–Crippen LogP) is -0.118. The summed E-state index contributed by atoms with van der Waals surface area (Å²) in [7, 11) is 0. The van der Waals surface area contributed by atoms with Gasteiger partial charge >= 0.3 is 5.97 Å². The Balaban J connectivity index is 3.57. The Bertz CT molecular complexity index is 264. The lowest BCUT2D eigenvalue weighted by atomic mass is 10.2. The summed E-state index contributed by atoms with van der Waals surface area (Å²) in [6, 6.07) is 0.0579. The first-order valence-corrected chi connectivity index (χ1v) is 5.19. The number of rotatable bonds is 7. The van der Waals surface area contributed by atoms with Gasteiger partial charge in [0.2, 0.25) is 11.8 Å². The lowest BCUT2D eigenvalue weighted by molar-refractivity contribution is -0.137. The number of nitrogens with one attached hydrogen (secondary N) is 2. The van der Waals surface area contributed by atoms with Crippen LogP contribution in [0, 0.1) is 0 Å². The number of carbonyl (C=O) groups excluding carboxylic acids is 2. The highest BCUT2D eigenvalue weighted by Gasteiger charge is 2.07.